The minimum absolute atomic E-state index is 0.182. The highest BCUT2D eigenvalue weighted by Crippen LogP contribution is 2.30. The van der Waals surface area contributed by atoms with E-state index >= 15 is 0 Å². The lowest BCUT2D eigenvalue weighted by molar-refractivity contribution is 0.0706. The molecule has 0 atom stereocenters. The molecule has 0 aliphatic rings. The van der Waals surface area contributed by atoms with Gasteiger partial charge in [0.2, 0.25) is 0 Å². The van der Waals surface area contributed by atoms with E-state index < -0.39 is 5.91 Å². The highest BCUT2D eigenvalue weighted by Gasteiger charge is 2.16. The maximum absolute atomic E-state index is 11.6. The summed E-state index contributed by atoms with van der Waals surface area (Å²) < 4.78 is 2.11. The number of amides is 1. The predicted molar refractivity (Wildman–Crippen MR) is 98.6 cm³/mol. The van der Waals surface area contributed by atoms with Crippen molar-refractivity contribution in [3.05, 3.63) is 63.4 Å². The maximum Gasteiger partial charge on any atom is 0.274 e. The lowest BCUT2D eigenvalue weighted by Gasteiger charge is -2.13. The van der Waals surface area contributed by atoms with Gasteiger partial charge >= 0.3 is 0 Å². The number of aromatic nitrogens is 2. The van der Waals surface area contributed by atoms with Gasteiger partial charge in [0.25, 0.3) is 5.91 Å². The van der Waals surface area contributed by atoms with E-state index in [-0.39, 0.29) is 6.04 Å². The molecule has 1 aromatic heterocycles. The summed E-state index contributed by atoms with van der Waals surface area (Å²) in [7, 11) is 0. The van der Waals surface area contributed by atoms with Crippen LogP contribution in [-0.2, 0) is 6.42 Å². The average molecular weight is 378 g/mol. The highest BCUT2D eigenvalue weighted by molar-refractivity contribution is 6.42. The van der Waals surface area contributed by atoms with Crippen molar-refractivity contribution in [2.75, 3.05) is 0 Å². The summed E-state index contributed by atoms with van der Waals surface area (Å²) in [6.45, 7) is 4.14. The number of hydroxylamine groups is 1. The fourth-order valence-corrected chi connectivity index (χ4v) is 3.23. The molecule has 3 aromatic rings. The van der Waals surface area contributed by atoms with Crippen LogP contribution in [0.15, 0.2) is 36.4 Å². The van der Waals surface area contributed by atoms with Crippen molar-refractivity contribution in [1.29, 1.82) is 0 Å². The molecule has 0 bridgehead atoms. The molecular formula is C18H17Cl2N3O2. The Morgan fingerprint density at radius 1 is 1.24 bits per heavy atom. The molecule has 5 nitrogen and oxygen atoms in total. The Labute approximate surface area is 155 Å². The number of benzene rings is 2. The largest absolute Gasteiger partial charge is 0.325 e. The van der Waals surface area contributed by atoms with E-state index in [2.05, 4.69) is 18.4 Å². The predicted octanol–water partition coefficient (Wildman–Crippen LogP) is 4.63. The highest BCUT2D eigenvalue weighted by atomic mass is 35.5. The lowest BCUT2D eigenvalue weighted by Crippen LogP contribution is -2.18. The Morgan fingerprint density at radius 2 is 1.96 bits per heavy atom. The molecule has 0 fully saturated rings. The molecular weight excluding hydrogens is 361 g/mol. The zero-order valence-electron chi connectivity index (χ0n) is 13.8. The number of carbonyl (C=O) groups excluding carboxylic acids is 1. The van der Waals surface area contributed by atoms with Crippen molar-refractivity contribution >= 4 is 40.1 Å². The zero-order valence-corrected chi connectivity index (χ0v) is 15.3. The first-order chi connectivity index (χ1) is 11.9. The van der Waals surface area contributed by atoms with Crippen LogP contribution >= 0.6 is 23.2 Å². The normalized spacial score (nSPS) is 11.3. The molecule has 0 aliphatic carbocycles. The van der Waals surface area contributed by atoms with Gasteiger partial charge < -0.3 is 4.57 Å². The summed E-state index contributed by atoms with van der Waals surface area (Å²) in [6, 6.07) is 10.8. The van der Waals surface area contributed by atoms with Crippen LogP contribution in [0.25, 0.3) is 11.0 Å². The molecule has 0 radical (unpaired) electrons. The number of fused-ring (bicyclic) bond motifs is 1. The van der Waals surface area contributed by atoms with Crippen LogP contribution in [0.4, 0.5) is 0 Å². The van der Waals surface area contributed by atoms with Crippen LogP contribution in [0.5, 0.6) is 0 Å². The van der Waals surface area contributed by atoms with Crippen molar-refractivity contribution in [2.24, 2.45) is 0 Å². The topological polar surface area (TPSA) is 67.2 Å². The minimum Gasteiger partial charge on any atom is -0.325 e. The van der Waals surface area contributed by atoms with Gasteiger partial charge in [0.05, 0.1) is 21.1 Å². The number of nitrogens with one attached hydrogen (secondary N) is 1. The number of carbonyl (C=O) groups is 1. The van der Waals surface area contributed by atoms with Gasteiger partial charge in [-0.2, -0.15) is 0 Å². The van der Waals surface area contributed by atoms with E-state index in [1.807, 2.05) is 12.1 Å². The molecule has 130 valence electrons. The molecule has 3 rings (SSSR count). The summed E-state index contributed by atoms with van der Waals surface area (Å²) in [6.07, 6.45) is 0.536. The van der Waals surface area contributed by atoms with Crippen LogP contribution in [0.3, 0.4) is 0 Å². The fourth-order valence-electron chi connectivity index (χ4n) is 2.91. The first-order valence-electron chi connectivity index (χ1n) is 7.80. The van der Waals surface area contributed by atoms with E-state index in [1.54, 1.807) is 29.7 Å². The third-order valence-electron chi connectivity index (χ3n) is 3.97. The van der Waals surface area contributed by atoms with Crippen molar-refractivity contribution < 1.29 is 10.0 Å². The van der Waals surface area contributed by atoms with E-state index in [4.69, 9.17) is 33.4 Å². The molecule has 0 saturated heterocycles. The van der Waals surface area contributed by atoms with E-state index in [9.17, 15) is 4.79 Å². The minimum atomic E-state index is -0.544. The second kappa shape index (κ2) is 7.04. The zero-order chi connectivity index (χ0) is 18.1. The molecule has 2 aromatic carbocycles. The molecule has 1 amide bonds. The third-order valence-corrected chi connectivity index (χ3v) is 4.70. The van der Waals surface area contributed by atoms with E-state index in [1.165, 1.54) is 0 Å². The van der Waals surface area contributed by atoms with Crippen LogP contribution in [0, 0.1) is 0 Å². The summed E-state index contributed by atoms with van der Waals surface area (Å²) in [5.74, 6) is 0.308. The number of hydrogen-bond donors (Lipinski definition) is 2. The number of halogens is 2. The summed E-state index contributed by atoms with van der Waals surface area (Å²) in [5, 5.41) is 9.75. The molecule has 2 N–H and O–H groups in total. The molecule has 0 unspecified atom stereocenters. The van der Waals surface area contributed by atoms with Crippen LogP contribution in [0.2, 0.25) is 10.0 Å². The van der Waals surface area contributed by atoms with Gasteiger partial charge in [-0.05, 0) is 43.7 Å². The molecule has 0 spiro atoms. The van der Waals surface area contributed by atoms with Gasteiger partial charge in [0.1, 0.15) is 5.82 Å². The number of rotatable bonds is 4. The molecule has 0 saturated carbocycles. The average Bonchev–Trinajstić information content (AvgIpc) is 2.91. The van der Waals surface area contributed by atoms with Crippen LogP contribution < -0.4 is 5.48 Å². The van der Waals surface area contributed by atoms with Crippen molar-refractivity contribution in [3.8, 4) is 0 Å². The van der Waals surface area contributed by atoms with E-state index in [0.717, 1.165) is 22.4 Å². The SMILES string of the molecule is CC(C)n1c(Cc2cccc(C(=O)NO)c2)nc2cc(Cl)c(Cl)cc21. The van der Waals surface area contributed by atoms with Crippen LogP contribution in [0.1, 0.15) is 41.6 Å². The maximum atomic E-state index is 11.6. The van der Waals surface area contributed by atoms with Gasteiger partial charge in [-0.25, -0.2) is 10.5 Å². The van der Waals surface area contributed by atoms with Gasteiger partial charge in [0, 0.05) is 18.0 Å². The summed E-state index contributed by atoms with van der Waals surface area (Å²) >= 11 is 12.3. The Morgan fingerprint density at radius 3 is 2.64 bits per heavy atom. The van der Waals surface area contributed by atoms with Gasteiger partial charge in [-0.15, -0.1) is 0 Å². The lowest BCUT2D eigenvalue weighted by atomic mass is 10.1. The third kappa shape index (κ3) is 3.49. The Kier molecular flexibility index (Phi) is 4.99. The fraction of sp³-hybridized carbons (Fsp3) is 0.222. The summed E-state index contributed by atoms with van der Waals surface area (Å²) in [5.41, 5.74) is 4.65. The second-order valence-electron chi connectivity index (χ2n) is 6.06. The molecule has 7 heteroatoms. The molecule has 0 aliphatic heterocycles. The van der Waals surface area contributed by atoms with Crippen molar-refractivity contribution in [3.63, 3.8) is 0 Å². The van der Waals surface area contributed by atoms with Crippen molar-refractivity contribution in [2.45, 2.75) is 26.3 Å². The smallest absolute Gasteiger partial charge is 0.274 e. The van der Waals surface area contributed by atoms with Gasteiger partial charge in [-0.1, -0.05) is 35.3 Å². The van der Waals surface area contributed by atoms with Gasteiger partial charge in [0.15, 0.2) is 0 Å². The van der Waals surface area contributed by atoms with Crippen LogP contribution in [-0.4, -0.2) is 20.7 Å². The quantitative estimate of drug-likeness (QED) is 0.514. The summed E-state index contributed by atoms with van der Waals surface area (Å²) in [4.78, 5) is 16.3. The van der Waals surface area contributed by atoms with E-state index in [0.29, 0.717) is 22.0 Å². The van der Waals surface area contributed by atoms with Crippen molar-refractivity contribution in [1.82, 2.24) is 15.0 Å². The number of nitrogens with zero attached hydrogens (tertiary/aromatic N) is 2. The Balaban J connectivity index is 2.07. The molecule has 1 heterocycles. The number of imidazole rings is 1. The first-order valence-corrected chi connectivity index (χ1v) is 8.55. The Bertz CT molecular complexity index is 951. The second-order valence-corrected chi connectivity index (χ2v) is 6.88. The molecule has 25 heavy (non-hydrogen) atoms. The first kappa shape index (κ1) is 17.7. The number of hydrogen-bond acceptors (Lipinski definition) is 3. The van der Waals surface area contributed by atoms with Gasteiger partial charge in [-0.3, -0.25) is 10.0 Å². The Hall–Kier alpha value is -2.08. The monoisotopic (exact) mass is 377 g/mol. The standard InChI is InChI=1S/C18H17Cl2N3O2/c1-10(2)23-16-9-14(20)13(19)8-15(16)21-17(23)7-11-4-3-5-12(6-11)18(24)22-25/h3-6,8-10,25H,7H2,1-2H3,(H,22,24).